The maximum atomic E-state index is 11.9. The van der Waals surface area contributed by atoms with Gasteiger partial charge in [-0.15, -0.1) is 11.8 Å². The minimum absolute atomic E-state index is 0.220. The second-order valence-electron chi connectivity index (χ2n) is 5.15. The van der Waals surface area contributed by atoms with Crippen LogP contribution in [-0.2, 0) is 4.79 Å². The van der Waals surface area contributed by atoms with Crippen LogP contribution in [0.2, 0.25) is 0 Å². The van der Waals surface area contributed by atoms with Crippen LogP contribution in [-0.4, -0.2) is 24.8 Å². The largest absolute Gasteiger partial charge is 0.481 e. The van der Waals surface area contributed by atoms with Gasteiger partial charge in [0.05, 0.1) is 11.5 Å². The van der Waals surface area contributed by atoms with Crippen molar-refractivity contribution in [1.82, 2.24) is 5.32 Å². The molecule has 1 unspecified atom stereocenters. The number of rotatable bonds is 6. The van der Waals surface area contributed by atoms with Crippen LogP contribution in [0.15, 0.2) is 29.2 Å². The topological polar surface area (TPSA) is 62.1 Å². The molecule has 0 aromatic heterocycles. The van der Waals surface area contributed by atoms with Gasteiger partial charge in [-0.1, -0.05) is 0 Å². The third-order valence-electron chi connectivity index (χ3n) is 2.75. The normalized spacial score (nSPS) is 12.3. The summed E-state index contributed by atoms with van der Waals surface area (Å²) in [6.07, 6.45) is 1.41. The highest BCUT2D eigenvalue weighted by atomic mass is 32.2. The fourth-order valence-electron chi connectivity index (χ4n) is 1.40. The Kier molecular flexibility index (Phi) is 5.90. The van der Waals surface area contributed by atoms with Gasteiger partial charge in [0.1, 0.15) is 5.75 Å². The lowest BCUT2D eigenvalue weighted by Crippen LogP contribution is -2.40. The van der Waals surface area contributed by atoms with E-state index in [1.54, 1.807) is 32.5 Å². The van der Waals surface area contributed by atoms with Gasteiger partial charge in [0.15, 0.2) is 6.10 Å². The van der Waals surface area contributed by atoms with E-state index >= 15 is 0 Å². The molecule has 1 aromatic carbocycles. The summed E-state index contributed by atoms with van der Waals surface area (Å²) in [5.41, 5.74) is -0.574. The van der Waals surface area contributed by atoms with Crippen molar-refractivity contribution in [3.8, 4) is 11.8 Å². The molecule has 0 saturated heterocycles. The number of carbonyl (C=O) groups excluding carboxylic acids is 1. The Morgan fingerprint density at radius 2 is 2.05 bits per heavy atom. The average Bonchev–Trinajstić information content (AvgIpc) is 2.45. The van der Waals surface area contributed by atoms with Crippen molar-refractivity contribution < 1.29 is 9.53 Å². The molecule has 0 aliphatic carbocycles. The van der Waals surface area contributed by atoms with Gasteiger partial charge in [-0.05, 0) is 51.3 Å². The third kappa shape index (κ3) is 5.14. The second kappa shape index (κ2) is 7.20. The van der Waals surface area contributed by atoms with Crippen LogP contribution >= 0.6 is 11.8 Å². The first-order valence-corrected chi connectivity index (χ1v) is 7.60. The molecule has 0 radical (unpaired) electrons. The Labute approximate surface area is 124 Å². The van der Waals surface area contributed by atoms with Crippen LogP contribution in [0.25, 0.3) is 0 Å². The number of ether oxygens (including phenoxy) is 1. The molecule has 4 nitrogen and oxygen atoms in total. The highest BCUT2D eigenvalue weighted by Gasteiger charge is 2.21. The van der Waals surface area contributed by atoms with Gasteiger partial charge in [0.25, 0.3) is 5.91 Å². The number of hydrogen-bond donors (Lipinski definition) is 1. The van der Waals surface area contributed by atoms with Crippen LogP contribution in [0.4, 0.5) is 0 Å². The Morgan fingerprint density at radius 1 is 1.45 bits per heavy atom. The van der Waals surface area contributed by atoms with Crippen LogP contribution < -0.4 is 10.1 Å². The summed E-state index contributed by atoms with van der Waals surface area (Å²) >= 11 is 1.65. The van der Waals surface area contributed by atoms with Crippen LogP contribution in [0.5, 0.6) is 5.75 Å². The molecule has 0 fully saturated rings. The number of nitriles is 1. The Hall–Kier alpha value is -1.67. The molecule has 108 valence electrons. The number of nitrogens with zero attached hydrogens (tertiary/aromatic N) is 1. The van der Waals surface area contributed by atoms with Crippen molar-refractivity contribution in [3.05, 3.63) is 24.3 Å². The molecule has 1 aromatic rings. The number of hydrogen-bond acceptors (Lipinski definition) is 4. The van der Waals surface area contributed by atoms with Crippen LogP contribution in [0, 0.1) is 16.7 Å². The first-order chi connectivity index (χ1) is 9.38. The number of thioether (sulfide) groups is 1. The fourth-order valence-corrected chi connectivity index (χ4v) is 1.81. The molecule has 1 amide bonds. The Morgan fingerprint density at radius 3 is 2.55 bits per heavy atom. The lowest BCUT2D eigenvalue weighted by Gasteiger charge is -2.19. The first kappa shape index (κ1) is 16.4. The van der Waals surface area contributed by atoms with Gasteiger partial charge in [-0.25, -0.2) is 0 Å². The van der Waals surface area contributed by atoms with E-state index in [1.807, 2.05) is 30.5 Å². The molecule has 1 atom stereocenters. The number of amides is 1. The van der Waals surface area contributed by atoms with Crippen molar-refractivity contribution in [2.75, 3.05) is 12.8 Å². The molecular formula is C15H20N2O2S. The second-order valence-corrected chi connectivity index (χ2v) is 6.03. The quantitative estimate of drug-likeness (QED) is 0.819. The van der Waals surface area contributed by atoms with Crippen LogP contribution in [0.3, 0.4) is 0 Å². The molecule has 1 rings (SSSR count). The van der Waals surface area contributed by atoms with Gasteiger partial charge in [-0.3, -0.25) is 4.79 Å². The monoisotopic (exact) mass is 292 g/mol. The first-order valence-electron chi connectivity index (χ1n) is 6.37. The highest BCUT2D eigenvalue weighted by molar-refractivity contribution is 7.98. The highest BCUT2D eigenvalue weighted by Crippen LogP contribution is 2.20. The minimum atomic E-state index is -0.593. The number of benzene rings is 1. The molecule has 0 saturated carbocycles. The van der Waals surface area contributed by atoms with Gasteiger partial charge < -0.3 is 10.1 Å². The molecule has 0 spiro atoms. The van der Waals surface area contributed by atoms with Gasteiger partial charge >= 0.3 is 0 Å². The molecule has 5 heteroatoms. The summed E-state index contributed by atoms with van der Waals surface area (Å²) in [5.74, 6) is 0.437. The third-order valence-corrected chi connectivity index (χ3v) is 3.49. The number of nitrogens with one attached hydrogen (secondary N) is 1. The van der Waals surface area contributed by atoms with E-state index in [0.29, 0.717) is 12.3 Å². The van der Waals surface area contributed by atoms with Crippen molar-refractivity contribution in [2.24, 2.45) is 5.41 Å². The summed E-state index contributed by atoms with van der Waals surface area (Å²) in [4.78, 5) is 13.0. The van der Waals surface area contributed by atoms with E-state index in [0.717, 1.165) is 4.90 Å². The standard InChI is InChI=1S/C15H20N2O2S/c1-11(14(18)17-10-15(2,3)9-16)19-12-5-7-13(20-4)8-6-12/h5-8,11H,10H2,1-4H3,(H,17,18). The molecule has 1 N–H and O–H groups in total. The zero-order valence-corrected chi connectivity index (χ0v) is 13.1. The minimum Gasteiger partial charge on any atom is -0.481 e. The van der Waals surface area contributed by atoms with Crippen molar-refractivity contribution in [2.45, 2.75) is 31.8 Å². The Balaban J connectivity index is 2.51. The smallest absolute Gasteiger partial charge is 0.260 e. The predicted molar refractivity (Wildman–Crippen MR) is 80.7 cm³/mol. The van der Waals surface area contributed by atoms with E-state index in [2.05, 4.69) is 11.4 Å². The van der Waals surface area contributed by atoms with E-state index in [1.165, 1.54) is 0 Å². The molecule has 0 aliphatic rings. The van der Waals surface area contributed by atoms with Crippen LogP contribution in [0.1, 0.15) is 20.8 Å². The zero-order chi connectivity index (χ0) is 15.2. The molecule has 0 bridgehead atoms. The molecule has 0 heterocycles. The summed E-state index contributed by atoms with van der Waals surface area (Å²) in [6.45, 7) is 5.55. The van der Waals surface area contributed by atoms with Crippen molar-refractivity contribution in [1.29, 1.82) is 5.26 Å². The number of carbonyl (C=O) groups is 1. The zero-order valence-electron chi connectivity index (χ0n) is 12.3. The summed E-state index contributed by atoms with van der Waals surface area (Å²) < 4.78 is 5.57. The van der Waals surface area contributed by atoms with E-state index in [9.17, 15) is 4.79 Å². The maximum Gasteiger partial charge on any atom is 0.260 e. The van der Waals surface area contributed by atoms with E-state index in [4.69, 9.17) is 10.00 Å². The summed E-state index contributed by atoms with van der Waals surface area (Å²) in [6, 6.07) is 9.72. The van der Waals surface area contributed by atoms with Crippen molar-refractivity contribution in [3.63, 3.8) is 0 Å². The summed E-state index contributed by atoms with van der Waals surface area (Å²) in [5, 5.41) is 11.6. The molecular weight excluding hydrogens is 272 g/mol. The predicted octanol–water partition coefficient (Wildman–Crippen LogP) is 2.84. The summed E-state index contributed by atoms with van der Waals surface area (Å²) in [7, 11) is 0. The van der Waals surface area contributed by atoms with Gasteiger partial charge in [-0.2, -0.15) is 5.26 Å². The maximum absolute atomic E-state index is 11.9. The lowest BCUT2D eigenvalue weighted by atomic mass is 9.96. The van der Waals surface area contributed by atoms with Gasteiger partial charge in [0, 0.05) is 11.4 Å². The van der Waals surface area contributed by atoms with Crippen molar-refractivity contribution >= 4 is 17.7 Å². The Bertz CT molecular complexity index is 492. The SMILES string of the molecule is CSc1ccc(OC(C)C(=O)NCC(C)(C)C#N)cc1. The lowest BCUT2D eigenvalue weighted by molar-refractivity contribution is -0.127. The fraction of sp³-hybridized carbons (Fsp3) is 0.467. The molecule has 0 aliphatic heterocycles. The van der Waals surface area contributed by atoms with E-state index < -0.39 is 11.5 Å². The molecule has 20 heavy (non-hydrogen) atoms. The van der Waals surface area contributed by atoms with Gasteiger partial charge in [0.2, 0.25) is 0 Å². The van der Waals surface area contributed by atoms with E-state index in [-0.39, 0.29) is 5.91 Å². The average molecular weight is 292 g/mol.